The van der Waals surface area contributed by atoms with Crippen LogP contribution in [0, 0.1) is 23.1 Å². The second kappa shape index (κ2) is 9.20. The monoisotopic (exact) mass is 472 g/mol. The van der Waals surface area contributed by atoms with Gasteiger partial charge in [0.1, 0.15) is 17.0 Å². The minimum absolute atomic E-state index is 0.376. The minimum atomic E-state index is -1.54. The highest BCUT2D eigenvalue weighted by Gasteiger charge is 2.55. The average molecular weight is 473 g/mol. The van der Waals surface area contributed by atoms with Gasteiger partial charge in [0.2, 0.25) is 0 Å². The van der Waals surface area contributed by atoms with Crippen LogP contribution >= 0.6 is 0 Å². The van der Waals surface area contributed by atoms with Crippen LogP contribution in [0.25, 0.3) is 0 Å². The molecule has 1 aliphatic heterocycles. The molecule has 1 saturated heterocycles. The summed E-state index contributed by atoms with van der Waals surface area (Å²) in [6.07, 6.45) is 3.30. The van der Waals surface area contributed by atoms with Crippen LogP contribution in [-0.2, 0) is 11.2 Å². The van der Waals surface area contributed by atoms with E-state index in [1.54, 1.807) is 24.5 Å². The lowest BCUT2D eigenvalue weighted by Crippen LogP contribution is -2.63. The summed E-state index contributed by atoms with van der Waals surface area (Å²) in [6.45, 7) is 9.39. The molecule has 5 heteroatoms. The lowest BCUT2D eigenvalue weighted by molar-refractivity contribution is -0.127. The highest BCUT2D eigenvalue weighted by atomic mass is 19.1. The molecule has 2 N–H and O–H groups in total. The highest BCUT2D eigenvalue weighted by Crippen LogP contribution is 2.50. The van der Waals surface area contributed by atoms with E-state index >= 15 is 0 Å². The predicted octanol–water partition coefficient (Wildman–Crippen LogP) is 4.79. The molecule has 0 saturated carbocycles. The molecule has 1 aromatic heterocycles. The Labute approximate surface area is 207 Å². The van der Waals surface area contributed by atoms with E-state index in [0.717, 1.165) is 18.7 Å². The van der Waals surface area contributed by atoms with Gasteiger partial charge in [0.15, 0.2) is 0 Å². The van der Waals surface area contributed by atoms with Crippen LogP contribution in [0.4, 0.5) is 4.39 Å². The average Bonchev–Trinajstić information content (AvgIpc) is 2.81. The van der Waals surface area contributed by atoms with E-state index in [2.05, 4.69) is 54.6 Å². The third-order valence-corrected chi connectivity index (χ3v) is 7.10. The molecule has 1 aliphatic rings. The Balaban J connectivity index is 1.75. The Kier molecular flexibility index (Phi) is 6.59. The molecule has 4 nitrogen and oxygen atoms in total. The Hall–Kier alpha value is -3.04. The number of rotatable bonds is 5. The fraction of sp³-hybridized carbons (Fsp3) is 0.367. The molecule has 3 aromatic rings. The minimum Gasteiger partial charge on any atom is -0.380 e. The van der Waals surface area contributed by atoms with Gasteiger partial charge in [-0.05, 0) is 54.8 Å². The van der Waals surface area contributed by atoms with Gasteiger partial charge in [0.25, 0.3) is 0 Å². The molecule has 0 aliphatic carbocycles. The lowest BCUT2D eigenvalue weighted by Gasteiger charge is -2.55. The molecule has 2 aromatic carbocycles. The van der Waals surface area contributed by atoms with Gasteiger partial charge in [-0.3, -0.25) is 4.98 Å². The number of nitrogens with zero attached hydrogens (tertiary/aromatic N) is 2. The van der Waals surface area contributed by atoms with Gasteiger partial charge in [-0.2, -0.15) is 0 Å². The summed E-state index contributed by atoms with van der Waals surface area (Å²) in [4.78, 5) is 6.56. The van der Waals surface area contributed by atoms with E-state index in [-0.39, 0.29) is 0 Å². The second-order valence-corrected chi connectivity index (χ2v) is 10.5. The summed E-state index contributed by atoms with van der Waals surface area (Å²) >= 11 is 0. The molecular formula is C30H33FN2O2. The van der Waals surface area contributed by atoms with Crippen molar-refractivity contribution in [2.24, 2.45) is 5.41 Å². The van der Waals surface area contributed by atoms with E-state index in [1.165, 1.54) is 24.6 Å². The first-order valence-corrected chi connectivity index (χ1v) is 11.9. The molecule has 0 spiro atoms. The molecule has 0 amide bonds. The highest BCUT2D eigenvalue weighted by molar-refractivity contribution is 5.46. The van der Waals surface area contributed by atoms with Crippen molar-refractivity contribution >= 4 is 0 Å². The quantitative estimate of drug-likeness (QED) is 0.524. The number of benzene rings is 2. The lowest BCUT2D eigenvalue weighted by atomic mass is 9.62. The summed E-state index contributed by atoms with van der Waals surface area (Å²) in [5.74, 6) is 5.79. The van der Waals surface area contributed by atoms with Crippen molar-refractivity contribution < 1.29 is 14.6 Å². The van der Waals surface area contributed by atoms with E-state index in [1.807, 2.05) is 25.2 Å². The zero-order valence-corrected chi connectivity index (χ0v) is 21.0. The molecule has 1 fully saturated rings. The van der Waals surface area contributed by atoms with Crippen LogP contribution in [0.1, 0.15) is 61.4 Å². The number of halogens is 1. The van der Waals surface area contributed by atoms with E-state index in [9.17, 15) is 14.6 Å². The summed E-state index contributed by atoms with van der Waals surface area (Å²) < 4.78 is 13.7. The van der Waals surface area contributed by atoms with E-state index in [0.29, 0.717) is 22.6 Å². The first-order valence-electron chi connectivity index (χ1n) is 11.9. The van der Waals surface area contributed by atoms with Gasteiger partial charge >= 0.3 is 0 Å². The third-order valence-electron chi connectivity index (χ3n) is 7.10. The standard InChI is InChI=1S/C30H33FN2O2/c1-21(2)23-9-11-24(12-10-23)30(35,28(3)19-33(5)20-28)26-15-22(17-32-18-26)13-14-29(4,34)25-7-6-8-27(31)16-25/h6-12,15-18,21,34-35H,19-20H2,1-5H3. The van der Waals surface area contributed by atoms with Gasteiger partial charge in [-0.15, -0.1) is 0 Å². The number of likely N-dealkylation sites (tertiary alicyclic amines) is 1. The summed E-state index contributed by atoms with van der Waals surface area (Å²) in [7, 11) is 2.04. The van der Waals surface area contributed by atoms with Gasteiger partial charge < -0.3 is 15.1 Å². The van der Waals surface area contributed by atoms with Crippen LogP contribution in [0.5, 0.6) is 0 Å². The molecule has 0 radical (unpaired) electrons. The summed E-state index contributed by atoms with van der Waals surface area (Å²) in [5, 5.41) is 23.2. The summed E-state index contributed by atoms with van der Waals surface area (Å²) in [5.41, 5.74) is 0.396. The van der Waals surface area contributed by atoms with Crippen LogP contribution < -0.4 is 0 Å². The van der Waals surface area contributed by atoms with Crippen molar-refractivity contribution in [3.05, 3.63) is 101 Å². The van der Waals surface area contributed by atoms with Crippen LogP contribution in [0.2, 0.25) is 0 Å². The van der Waals surface area contributed by atoms with Crippen molar-refractivity contribution in [2.75, 3.05) is 20.1 Å². The third kappa shape index (κ3) is 4.75. The molecular weight excluding hydrogens is 439 g/mol. The SMILES string of the molecule is CC(C)c1ccc(C(O)(c2cncc(C#CC(C)(O)c3cccc(F)c3)c2)C2(C)CN(C)C2)cc1. The second-order valence-electron chi connectivity index (χ2n) is 10.5. The number of aliphatic hydroxyl groups is 2. The Morgan fingerprint density at radius 2 is 1.69 bits per heavy atom. The number of hydrogen-bond acceptors (Lipinski definition) is 4. The summed E-state index contributed by atoms with van der Waals surface area (Å²) in [6, 6.07) is 15.8. The zero-order valence-electron chi connectivity index (χ0n) is 21.0. The van der Waals surface area contributed by atoms with Gasteiger partial charge in [-0.25, -0.2) is 4.39 Å². The predicted molar refractivity (Wildman–Crippen MR) is 136 cm³/mol. The normalized spacial score (nSPS) is 18.7. The Morgan fingerprint density at radius 3 is 2.29 bits per heavy atom. The molecule has 2 unspecified atom stereocenters. The smallest absolute Gasteiger partial charge is 0.148 e. The molecule has 0 bridgehead atoms. The maximum atomic E-state index is 13.7. The molecule has 182 valence electrons. The fourth-order valence-corrected chi connectivity index (χ4v) is 5.11. The van der Waals surface area contributed by atoms with Crippen LogP contribution in [-0.4, -0.2) is 40.2 Å². The topological polar surface area (TPSA) is 56.6 Å². The van der Waals surface area contributed by atoms with Gasteiger partial charge in [0, 0.05) is 42.0 Å². The fourth-order valence-electron chi connectivity index (χ4n) is 5.11. The number of hydrogen-bond donors (Lipinski definition) is 2. The van der Waals surface area contributed by atoms with Crippen molar-refractivity contribution in [3.63, 3.8) is 0 Å². The maximum Gasteiger partial charge on any atom is 0.148 e. The molecule has 2 heterocycles. The zero-order chi connectivity index (χ0) is 25.4. The van der Waals surface area contributed by atoms with Crippen molar-refractivity contribution in [1.29, 1.82) is 0 Å². The Bertz CT molecular complexity index is 1270. The first kappa shape index (κ1) is 25.1. The number of pyridine rings is 1. The molecule has 35 heavy (non-hydrogen) atoms. The van der Waals surface area contributed by atoms with Crippen LogP contribution in [0.15, 0.2) is 67.0 Å². The first-order chi connectivity index (χ1) is 16.4. The van der Waals surface area contributed by atoms with Gasteiger partial charge in [-0.1, -0.05) is 69.0 Å². The molecule has 4 rings (SSSR count). The van der Waals surface area contributed by atoms with Crippen LogP contribution in [0.3, 0.4) is 0 Å². The van der Waals surface area contributed by atoms with Gasteiger partial charge in [0.05, 0.1) is 0 Å². The maximum absolute atomic E-state index is 13.7. The van der Waals surface area contributed by atoms with E-state index < -0.39 is 22.4 Å². The van der Waals surface area contributed by atoms with Crippen molar-refractivity contribution in [2.45, 2.75) is 44.8 Å². The van der Waals surface area contributed by atoms with Crippen molar-refractivity contribution in [3.8, 4) is 11.8 Å². The Morgan fingerprint density at radius 1 is 1.00 bits per heavy atom. The largest absolute Gasteiger partial charge is 0.380 e. The number of aromatic nitrogens is 1. The molecule has 2 atom stereocenters. The van der Waals surface area contributed by atoms with E-state index in [4.69, 9.17) is 0 Å². The van der Waals surface area contributed by atoms with Crippen molar-refractivity contribution in [1.82, 2.24) is 9.88 Å².